The van der Waals surface area contributed by atoms with E-state index < -0.39 is 0 Å². The Kier molecular flexibility index (Phi) is 1.81. The molecule has 0 aliphatic carbocycles. The molecular weight excluding hydrogens is 164 g/mol. The first-order valence-corrected chi connectivity index (χ1v) is 4.06. The molecule has 0 atom stereocenters. The highest BCUT2D eigenvalue weighted by Gasteiger charge is 2.02. The number of hydrogen-bond donors (Lipinski definition) is 1. The van der Waals surface area contributed by atoms with Gasteiger partial charge in [-0.25, -0.2) is 15.0 Å². The lowest BCUT2D eigenvalue weighted by molar-refractivity contribution is 1.17. The van der Waals surface area contributed by atoms with E-state index in [4.69, 9.17) is 0 Å². The van der Waals surface area contributed by atoms with Gasteiger partial charge >= 0.3 is 0 Å². The van der Waals surface area contributed by atoms with Crippen LogP contribution in [0.3, 0.4) is 0 Å². The van der Waals surface area contributed by atoms with Crippen LogP contribution in [-0.2, 0) is 0 Å². The first-order chi connectivity index (χ1) is 6.31. The van der Waals surface area contributed by atoms with Crippen molar-refractivity contribution in [3.63, 3.8) is 0 Å². The summed E-state index contributed by atoms with van der Waals surface area (Å²) in [6.45, 7) is 1.95. The smallest absolute Gasteiger partial charge is 0.137 e. The second-order valence-corrected chi connectivity index (χ2v) is 2.82. The fourth-order valence-corrected chi connectivity index (χ4v) is 1.29. The van der Waals surface area contributed by atoms with Gasteiger partial charge in [-0.1, -0.05) is 0 Å². The van der Waals surface area contributed by atoms with Gasteiger partial charge in [0.15, 0.2) is 0 Å². The molecule has 4 heteroatoms. The molecule has 0 bridgehead atoms. The van der Waals surface area contributed by atoms with Gasteiger partial charge in [-0.15, -0.1) is 0 Å². The summed E-state index contributed by atoms with van der Waals surface area (Å²) in [6.07, 6.45) is 3.31. The largest absolute Gasteiger partial charge is 0.373 e. The lowest BCUT2D eigenvalue weighted by Crippen LogP contribution is -1.96. The van der Waals surface area contributed by atoms with Gasteiger partial charge in [-0.3, -0.25) is 0 Å². The Labute approximate surface area is 76.1 Å². The molecule has 66 valence electrons. The van der Waals surface area contributed by atoms with Gasteiger partial charge in [0.1, 0.15) is 12.1 Å². The SMILES string of the molecule is CNc1nc(C)cc2ncncc12. The minimum absolute atomic E-state index is 0.829. The van der Waals surface area contributed by atoms with E-state index >= 15 is 0 Å². The zero-order valence-corrected chi connectivity index (χ0v) is 7.57. The lowest BCUT2D eigenvalue weighted by Gasteiger charge is -2.04. The summed E-state index contributed by atoms with van der Waals surface area (Å²) in [4.78, 5) is 12.4. The highest BCUT2D eigenvalue weighted by Crippen LogP contribution is 2.18. The van der Waals surface area contributed by atoms with Gasteiger partial charge < -0.3 is 5.32 Å². The van der Waals surface area contributed by atoms with Crippen molar-refractivity contribution in [3.05, 3.63) is 24.3 Å². The van der Waals surface area contributed by atoms with Gasteiger partial charge in [0.2, 0.25) is 0 Å². The Balaban J connectivity index is 2.81. The third-order valence-corrected chi connectivity index (χ3v) is 1.87. The third-order valence-electron chi connectivity index (χ3n) is 1.87. The van der Waals surface area contributed by atoms with Crippen molar-refractivity contribution in [2.24, 2.45) is 0 Å². The lowest BCUT2D eigenvalue weighted by atomic mass is 10.2. The van der Waals surface area contributed by atoms with Gasteiger partial charge in [0.25, 0.3) is 0 Å². The van der Waals surface area contributed by atoms with Crippen molar-refractivity contribution in [3.8, 4) is 0 Å². The molecule has 0 saturated carbocycles. The zero-order chi connectivity index (χ0) is 9.26. The predicted octanol–water partition coefficient (Wildman–Crippen LogP) is 1.37. The molecule has 0 fully saturated rings. The first kappa shape index (κ1) is 7.91. The molecule has 1 N–H and O–H groups in total. The summed E-state index contributed by atoms with van der Waals surface area (Å²) in [7, 11) is 1.84. The van der Waals surface area contributed by atoms with Crippen LogP contribution < -0.4 is 5.32 Å². The molecule has 0 unspecified atom stereocenters. The number of hydrogen-bond acceptors (Lipinski definition) is 4. The van der Waals surface area contributed by atoms with Crippen LogP contribution in [0.15, 0.2) is 18.6 Å². The summed E-state index contributed by atoms with van der Waals surface area (Å²) in [5, 5.41) is 3.97. The van der Waals surface area contributed by atoms with Crippen molar-refractivity contribution < 1.29 is 0 Å². The maximum absolute atomic E-state index is 4.33. The normalized spacial score (nSPS) is 10.3. The van der Waals surface area contributed by atoms with Gasteiger partial charge in [-0.05, 0) is 13.0 Å². The van der Waals surface area contributed by atoms with Crippen LogP contribution in [0, 0.1) is 6.92 Å². The first-order valence-electron chi connectivity index (χ1n) is 4.06. The molecule has 0 aliphatic rings. The van der Waals surface area contributed by atoms with Crippen molar-refractivity contribution in [1.82, 2.24) is 15.0 Å². The van der Waals surface area contributed by atoms with E-state index in [2.05, 4.69) is 20.3 Å². The molecule has 0 spiro atoms. The Morgan fingerprint density at radius 3 is 3.00 bits per heavy atom. The van der Waals surface area contributed by atoms with Crippen LogP contribution in [0.4, 0.5) is 5.82 Å². The minimum atomic E-state index is 0.829. The molecule has 2 aromatic heterocycles. The van der Waals surface area contributed by atoms with Crippen molar-refractivity contribution in [2.45, 2.75) is 6.92 Å². The van der Waals surface area contributed by atoms with Crippen LogP contribution >= 0.6 is 0 Å². The van der Waals surface area contributed by atoms with Crippen LogP contribution in [0.5, 0.6) is 0 Å². The summed E-state index contributed by atoms with van der Waals surface area (Å²) in [5.74, 6) is 0.829. The number of nitrogens with zero attached hydrogens (tertiary/aromatic N) is 3. The minimum Gasteiger partial charge on any atom is -0.373 e. The molecule has 2 rings (SSSR count). The maximum Gasteiger partial charge on any atom is 0.137 e. The fraction of sp³-hybridized carbons (Fsp3) is 0.222. The summed E-state index contributed by atoms with van der Waals surface area (Å²) in [5.41, 5.74) is 1.88. The Morgan fingerprint density at radius 2 is 2.23 bits per heavy atom. The van der Waals surface area contributed by atoms with E-state index in [0.29, 0.717) is 0 Å². The second-order valence-electron chi connectivity index (χ2n) is 2.82. The number of aryl methyl sites for hydroxylation is 1. The van der Waals surface area contributed by atoms with Crippen LogP contribution in [0.1, 0.15) is 5.69 Å². The predicted molar refractivity (Wildman–Crippen MR) is 51.6 cm³/mol. The molecule has 2 heterocycles. The number of aromatic nitrogens is 3. The molecule has 4 nitrogen and oxygen atoms in total. The molecule has 13 heavy (non-hydrogen) atoms. The van der Waals surface area contributed by atoms with E-state index in [1.165, 1.54) is 0 Å². The summed E-state index contributed by atoms with van der Waals surface area (Å²) >= 11 is 0. The van der Waals surface area contributed by atoms with Crippen LogP contribution in [0.25, 0.3) is 10.9 Å². The highest BCUT2D eigenvalue weighted by molar-refractivity contribution is 5.88. The molecule has 2 aromatic rings. The Bertz CT molecular complexity index is 439. The fourth-order valence-electron chi connectivity index (χ4n) is 1.29. The van der Waals surface area contributed by atoms with Gasteiger partial charge in [-0.2, -0.15) is 0 Å². The average molecular weight is 174 g/mol. The van der Waals surface area contributed by atoms with Crippen molar-refractivity contribution >= 4 is 16.7 Å². The molecule has 0 aliphatic heterocycles. The average Bonchev–Trinajstić information content (AvgIpc) is 2.16. The van der Waals surface area contributed by atoms with E-state index in [-0.39, 0.29) is 0 Å². The summed E-state index contributed by atoms with van der Waals surface area (Å²) in [6, 6.07) is 1.94. The van der Waals surface area contributed by atoms with E-state index in [1.54, 1.807) is 12.5 Å². The highest BCUT2D eigenvalue weighted by atomic mass is 15.0. The molecule has 0 aromatic carbocycles. The van der Waals surface area contributed by atoms with E-state index in [0.717, 1.165) is 22.4 Å². The van der Waals surface area contributed by atoms with Crippen LogP contribution in [0.2, 0.25) is 0 Å². The zero-order valence-electron chi connectivity index (χ0n) is 7.57. The van der Waals surface area contributed by atoms with E-state index in [9.17, 15) is 0 Å². The maximum atomic E-state index is 4.33. The second kappa shape index (κ2) is 2.97. The molecule has 0 radical (unpaired) electrons. The molecule has 0 saturated heterocycles. The quantitative estimate of drug-likeness (QED) is 0.709. The third kappa shape index (κ3) is 1.30. The van der Waals surface area contributed by atoms with Crippen LogP contribution in [-0.4, -0.2) is 22.0 Å². The summed E-state index contributed by atoms with van der Waals surface area (Å²) < 4.78 is 0. The Hall–Kier alpha value is -1.71. The standard InChI is InChI=1S/C9H10N4/c1-6-3-8-7(4-11-5-12-8)9(10-2)13-6/h3-5H,1-2H3,(H,10,13). The van der Waals surface area contributed by atoms with Gasteiger partial charge in [0, 0.05) is 18.9 Å². The Morgan fingerprint density at radius 1 is 1.38 bits per heavy atom. The number of pyridine rings is 1. The molecule has 0 amide bonds. The number of rotatable bonds is 1. The number of fused-ring (bicyclic) bond motifs is 1. The molecular formula is C9H10N4. The monoisotopic (exact) mass is 174 g/mol. The number of nitrogens with one attached hydrogen (secondary N) is 1. The van der Waals surface area contributed by atoms with Crippen molar-refractivity contribution in [2.75, 3.05) is 12.4 Å². The topological polar surface area (TPSA) is 50.7 Å². The number of anilines is 1. The van der Waals surface area contributed by atoms with Crippen molar-refractivity contribution in [1.29, 1.82) is 0 Å². The van der Waals surface area contributed by atoms with Gasteiger partial charge in [0.05, 0.1) is 10.9 Å². The van der Waals surface area contributed by atoms with E-state index in [1.807, 2.05) is 20.0 Å².